The lowest BCUT2D eigenvalue weighted by molar-refractivity contribution is -0.136. The van der Waals surface area contributed by atoms with E-state index in [0.29, 0.717) is 0 Å². The maximum absolute atomic E-state index is 11.5. The third kappa shape index (κ3) is 3.45. The van der Waals surface area contributed by atoms with E-state index in [1.807, 2.05) is 91.0 Å². The third-order valence-corrected chi connectivity index (χ3v) is 5.60. The van der Waals surface area contributed by atoms with Crippen molar-refractivity contribution in [2.45, 2.75) is 10.1 Å². The molecule has 0 amide bonds. The van der Waals surface area contributed by atoms with Crippen LogP contribution in [0.15, 0.2) is 91.0 Å². The Bertz CT molecular complexity index is 726. The van der Waals surface area contributed by atoms with E-state index in [9.17, 15) is 9.90 Å². The molecule has 0 aliphatic heterocycles. The number of carboxylic acid groups (broad SMARTS) is 1. The van der Waals surface area contributed by atoms with E-state index >= 15 is 0 Å². The van der Waals surface area contributed by atoms with Gasteiger partial charge >= 0.3 is 5.97 Å². The zero-order valence-electron chi connectivity index (χ0n) is 13.6. The fraction of sp³-hybridized carbons (Fsp3) is 0.0952. The lowest BCUT2D eigenvalue weighted by Gasteiger charge is -2.36. The summed E-state index contributed by atoms with van der Waals surface area (Å²) in [6.45, 7) is 0. The zero-order valence-corrected chi connectivity index (χ0v) is 14.4. The molecule has 0 spiro atoms. The predicted molar refractivity (Wildman–Crippen MR) is 102 cm³/mol. The summed E-state index contributed by atoms with van der Waals surface area (Å²) < 4.78 is -0.707. The second-order valence-corrected chi connectivity index (χ2v) is 7.01. The summed E-state index contributed by atoms with van der Waals surface area (Å²) in [6.07, 6.45) is 0. The highest BCUT2D eigenvalue weighted by atomic mass is 32.2. The van der Waals surface area contributed by atoms with Crippen molar-refractivity contribution in [1.29, 1.82) is 0 Å². The molecule has 0 saturated heterocycles. The van der Waals surface area contributed by atoms with Crippen LogP contribution in [-0.4, -0.2) is 16.4 Å². The van der Waals surface area contributed by atoms with E-state index in [2.05, 4.69) is 0 Å². The fourth-order valence-corrected chi connectivity index (χ4v) is 4.26. The third-order valence-electron chi connectivity index (χ3n) is 4.09. The summed E-state index contributed by atoms with van der Waals surface area (Å²) in [5.74, 6) is -1.03. The molecule has 0 aromatic heterocycles. The Morgan fingerprint density at radius 1 is 0.760 bits per heavy atom. The van der Waals surface area contributed by atoms with Gasteiger partial charge < -0.3 is 10.8 Å². The monoisotopic (exact) mass is 349 g/mol. The van der Waals surface area contributed by atoms with E-state index in [1.54, 1.807) is 0 Å². The van der Waals surface area contributed by atoms with Crippen LogP contribution in [0.1, 0.15) is 16.7 Å². The number of rotatable bonds is 6. The molecule has 3 aromatic rings. The molecule has 4 heteroatoms. The lowest BCUT2D eigenvalue weighted by atomic mass is 9.84. The minimum atomic E-state index is -1.05. The van der Waals surface area contributed by atoms with Crippen molar-refractivity contribution in [2.24, 2.45) is 5.73 Å². The first-order chi connectivity index (χ1) is 12.1. The summed E-state index contributed by atoms with van der Waals surface area (Å²) in [7, 11) is 0. The quantitative estimate of drug-likeness (QED) is 0.520. The predicted octanol–water partition coefficient (Wildman–Crippen LogP) is 4.08. The van der Waals surface area contributed by atoms with Crippen LogP contribution in [-0.2, 0) is 9.54 Å². The smallest absolute Gasteiger partial charge is 0.331 e. The van der Waals surface area contributed by atoms with Gasteiger partial charge in [-0.3, -0.25) is 0 Å². The van der Waals surface area contributed by atoms with Crippen molar-refractivity contribution in [1.82, 2.24) is 0 Å². The van der Waals surface area contributed by atoms with E-state index < -0.39 is 16.1 Å². The van der Waals surface area contributed by atoms with Crippen LogP contribution in [0.4, 0.5) is 0 Å². The first-order valence-corrected chi connectivity index (χ1v) is 8.85. The molecule has 3 rings (SSSR count). The summed E-state index contributed by atoms with van der Waals surface area (Å²) in [5.41, 5.74) is 8.96. The Morgan fingerprint density at radius 2 is 1.08 bits per heavy atom. The molecule has 25 heavy (non-hydrogen) atoms. The molecule has 0 radical (unpaired) electrons. The topological polar surface area (TPSA) is 63.3 Å². The number of hydrogen-bond acceptors (Lipinski definition) is 3. The Labute approximate surface area is 151 Å². The van der Waals surface area contributed by atoms with E-state index in [1.165, 1.54) is 11.8 Å². The molecule has 0 aliphatic carbocycles. The summed E-state index contributed by atoms with van der Waals surface area (Å²) in [5, 5.41) is 8.39. The van der Waals surface area contributed by atoms with Gasteiger partial charge in [0.15, 0.2) is 5.37 Å². The minimum absolute atomic E-state index is 0.707. The van der Waals surface area contributed by atoms with Gasteiger partial charge in [-0.1, -0.05) is 91.0 Å². The molecule has 126 valence electrons. The Balaban J connectivity index is 2.29. The maximum Gasteiger partial charge on any atom is 0.331 e. The number of carboxylic acids is 1. The van der Waals surface area contributed by atoms with Gasteiger partial charge in [-0.2, -0.15) is 0 Å². The van der Waals surface area contributed by atoms with Crippen molar-refractivity contribution in [2.75, 3.05) is 0 Å². The van der Waals surface area contributed by atoms with Crippen molar-refractivity contribution < 1.29 is 9.90 Å². The fourth-order valence-electron chi connectivity index (χ4n) is 2.96. The van der Waals surface area contributed by atoms with Crippen LogP contribution in [0, 0.1) is 0 Å². The number of carbonyl (C=O) groups is 1. The van der Waals surface area contributed by atoms with Crippen molar-refractivity contribution in [3.05, 3.63) is 108 Å². The molecule has 0 heterocycles. The zero-order chi connectivity index (χ0) is 17.7. The van der Waals surface area contributed by atoms with Gasteiger partial charge in [0.1, 0.15) is 0 Å². The number of aliphatic carboxylic acids is 1. The van der Waals surface area contributed by atoms with Crippen molar-refractivity contribution in [3.8, 4) is 0 Å². The van der Waals surface area contributed by atoms with Gasteiger partial charge in [0.2, 0.25) is 0 Å². The lowest BCUT2D eigenvalue weighted by Crippen LogP contribution is -2.35. The Kier molecular flexibility index (Phi) is 5.22. The molecule has 0 aliphatic rings. The molecule has 3 nitrogen and oxygen atoms in total. The highest BCUT2D eigenvalue weighted by molar-refractivity contribution is 8.01. The molecule has 3 aromatic carbocycles. The molecule has 3 N–H and O–H groups in total. The van der Waals surface area contributed by atoms with Gasteiger partial charge in [0.25, 0.3) is 0 Å². The average molecular weight is 349 g/mol. The highest BCUT2D eigenvalue weighted by Gasteiger charge is 2.40. The van der Waals surface area contributed by atoms with Gasteiger partial charge in [0.05, 0.1) is 4.75 Å². The summed E-state index contributed by atoms with van der Waals surface area (Å²) >= 11 is 1.24. The van der Waals surface area contributed by atoms with Crippen molar-refractivity contribution in [3.63, 3.8) is 0 Å². The van der Waals surface area contributed by atoms with Crippen LogP contribution >= 0.6 is 11.8 Å². The Hall–Kier alpha value is -2.56. The van der Waals surface area contributed by atoms with Gasteiger partial charge in [-0.05, 0) is 16.7 Å². The second-order valence-electron chi connectivity index (χ2n) is 5.66. The van der Waals surface area contributed by atoms with Crippen molar-refractivity contribution >= 4 is 17.7 Å². The molecule has 0 fully saturated rings. The maximum atomic E-state index is 11.5. The molecule has 1 atom stereocenters. The number of benzene rings is 3. The normalized spacial score (nSPS) is 12.5. The van der Waals surface area contributed by atoms with Crippen LogP contribution in [0.3, 0.4) is 0 Å². The molecular formula is C21H19NO2S. The minimum Gasteiger partial charge on any atom is -0.479 e. The van der Waals surface area contributed by atoms with Gasteiger partial charge in [0, 0.05) is 0 Å². The van der Waals surface area contributed by atoms with E-state index in [4.69, 9.17) is 5.73 Å². The number of nitrogens with two attached hydrogens (primary N) is 1. The van der Waals surface area contributed by atoms with Crippen LogP contribution in [0.2, 0.25) is 0 Å². The summed E-state index contributed by atoms with van der Waals surface area (Å²) in [4.78, 5) is 11.5. The number of hydrogen-bond donors (Lipinski definition) is 2. The first kappa shape index (κ1) is 17.3. The molecular weight excluding hydrogens is 330 g/mol. The average Bonchev–Trinajstić information content (AvgIpc) is 2.68. The van der Waals surface area contributed by atoms with E-state index in [-0.39, 0.29) is 0 Å². The van der Waals surface area contributed by atoms with E-state index in [0.717, 1.165) is 16.7 Å². The standard InChI is InChI=1S/C21H19NO2S/c22-19(20(23)24)25-21(16-10-4-1-5-11-16,17-12-6-2-7-13-17)18-14-8-3-9-15-18/h1-15,19H,22H2,(H,23,24)/t19-/m1/s1. The van der Waals surface area contributed by atoms with Gasteiger partial charge in [-0.25, -0.2) is 4.79 Å². The molecule has 0 saturated carbocycles. The van der Waals surface area contributed by atoms with Crippen LogP contribution in [0.25, 0.3) is 0 Å². The largest absolute Gasteiger partial charge is 0.479 e. The molecule has 0 unspecified atom stereocenters. The Morgan fingerprint density at radius 3 is 1.36 bits per heavy atom. The number of thioether (sulfide) groups is 1. The molecule has 0 bridgehead atoms. The second kappa shape index (κ2) is 7.55. The van der Waals surface area contributed by atoms with Crippen LogP contribution < -0.4 is 5.73 Å². The SMILES string of the molecule is N[C@H](SC(c1ccccc1)(c1ccccc1)c1ccccc1)C(=O)O. The first-order valence-electron chi connectivity index (χ1n) is 7.97. The van der Waals surface area contributed by atoms with Crippen LogP contribution in [0.5, 0.6) is 0 Å². The summed E-state index contributed by atoms with van der Waals surface area (Å²) in [6, 6.07) is 29.7. The van der Waals surface area contributed by atoms with Gasteiger partial charge in [-0.15, -0.1) is 11.8 Å². The highest BCUT2D eigenvalue weighted by Crippen LogP contribution is 2.49.